The molecule has 376 valence electrons. The lowest BCUT2D eigenvalue weighted by Crippen LogP contribution is -2.61. The molecule has 3 fully saturated rings. The highest BCUT2D eigenvalue weighted by atomic mass is 16.6. The van der Waals surface area contributed by atoms with Crippen LogP contribution < -0.4 is 0 Å². The summed E-state index contributed by atoms with van der Waals surface area (Å²) < 4.78 is 23.0. The average molecular weight is 929 g/mol. The van der Waals surface area contributed by atoms with Gasteiger partial charge < -0.3 is 33.9 Å². The molecule has 13 heteroatoms. The van der Waals surface area contributed by atoms with Crippen LogP contribution >= 0.6 is 0 Å². The minimum Gasteiger partial charge on any atom is -0.458 e. The van der Waals surface area contributed by atoms with E-state index in [1.807, 2.05) is 25.9 Å². The van der Waals surface area contributed by atoms with Crippen LogP contribution in [0.15, 0.2) is 11.6 Å². The largest absolute Gasteiger partial charge is 0.458 e. The van der Waals surface area contributed by atoms with Crippen LogP contribution in [0.1, 0.15) is 182 Å². The quantitative estimate of drug-likeness (QED) is 0.0493. The van der Waals surface area contributed by atoms with Gasteiger partial charge in [-0.2, -0.15) is 0 Å². The van der Waals surface area contributed by atoms with Crippen molar-refractivity contribution in [3.05, 3.63) is 11.6 Å². The van der Waals surface area contributed by atoms with Crippen LogP contribution in [-0.2, 0) is 47.7 Å². The van der Waals surface area contributed by atoms with Gasteiger partial charge in [0.2, 0.25) is 11.7 Å². The maximum Gasteiger partial charge on any atom is 0.306 e. The van der Waals surface area contributed by atoms with Crippen molar-refractivity contribution in [1.82, 2.24) is 9.80 Å². The molecule has 13 nitrogen and oxygen atoms in total. The molecule has 4 aliphatic carbocycles. The number of esters is 2. The number of fused-ring (bicyclic) bond motifs is 5. The number of ketones is 3. The monoisotopic (exact) mass is 929 g/mol. The summed E-state index contributed by atoms with van der Waals surface area (Å²) in [5.74, 6) is -1.57. The van der Waals surface area contributed by atoms with E-state index in [-0.39, 0.29) is 86.0 Å². The summed E-state index contributed by atoms with van der Waals surface area (Å²) in [6.45, 7) is 11.4. The zero-order valence-electron chi connectivity index (χ0n) is 41.9. The van der Waals surface area contributed by atoms with Crippen molar-refractivity contribution in [2.75, 3.05) is 66.8 Å². The Labute approximate surface area is 397 Å². The Kier molecular flexibility index (Phi) is 23.5. The lowest BCUT2D eigenvalue weighted by molar-refractivity contribution is -0.173. The predicted octanol–water partition coefficient (Wildman–Crippen LogP) is 8.55. The van der Waals surface area contributed by atoms with Gasteiger partial charge in [-0.3, -0.25) is 28.8 Å². The van der Waals surface area contributed by atoms with Crippen molar-refractivity contribution >= 4 is 35.2 Å². The highest BCUT2D eigenvalue weighted by molar-refractivity contribution is 5.95. The molecule has 0 saturated heterocycles. The minimum absolute atomic E-state index is 0.0101. The van der Waals surface area contributed by atoms with Crippen molar-refractivity contribution in [3.8, 4) is 0 Å². The number of hydrogen-bond donors (Lipinski definition) is 1. The fourth-order valence-electron chi connectivity index (χ4n) is 11.6. The third-order valence-corrected chi connectivity index (χ3v) is 15.6. The van der Waals surface area contributed by atoms with Gasteiger partial charge in [0, 0.05) is 69.9 Å². The SMILES string of the molecule is CCCCCCCOCC(COCCCCCCC)OC(=O)CCC(=O)N(CCCCCCC(=O)OCC(=O)C1(O)CCC2C3CCC4=CC(=O)CCC4(C)C3C(=O)CC21C)CCN(C)C. The Morgan fingerprint density at radius 2 is 1.38 bits per heavy atom. The van der Waals surface area contributed by atoms with Crippen LogP contribution in [0, 0.1) is 28.6 Å². The molecule has 1 amide bonds. The molecule has 6 unspecified atom stereocenters. The van der Waals surface area contributed by atoms with E-state index in [1.54, 1.807) is 11.0 Å². The molecule has 0 spiro atoms. The molecule has 3 saturated carbocycles. The molecule has 4 rings (SSSR count). The number of nitrogens with zero attached hydrogens (tertiary/aromatic N) is 2. The maximum absolute atomic E-state index is 14.0. The van der Waals surface area contributed by atoms with Crippen LogP contribution in [0.2, 0.25) is 0 Å². The second-order valence-corrected chi connectivity index (χ2v) is 20.8. The number of Topliss-reactive ketones (excluding diaryl/α,β-unsaturated/α-hetero) is 2. The Morgan fingerprint density at radius 1 is 0.742 bits per heavy atom. The number of ether oxygens (including phenoxy) is 4. The molecule has 0 bridgehead atoms. The summed E-state index contributed by atoms with van der Waals surface area (Å²) in [6, 6.07) is 0. The van der Waals surface area contributed by atoms with Crippen LogP contribution in [0.5, 0.6) is 0 Å². The average Bonchev–Trinajstić information content (AvgIpc) is 3.55. The second kappa shape index (κ2) is 27.9. The maximum atomic E-state index is 14.0. The smallest absolute Gasteiger partial charge is 0.306 e. The zero-order chi connectivity index (χ0) is 48.2. The molecular formula is C53H88N2O11. The Balaban J connectivity index is 1.16. The Hall–Kier alpha value is -3.00. The number of likely N-dealkylation sites (N-methyl/N-ethyl adjacent to an activating group) is 1. The van der Waals surface area contributed by atoms with Crippen molar-refractivity contribution in [2.24, 2.45) is 28.6 Å². The number of carbonyl (C=O) groups excluding carboxylic acids is 6. The van der Waals surface area contributed by atoms with Gasteiger partial charge in [0.1, 0.15) is 17.5 Å². The van der Waals surface area contributed by atoms with Gasteiger partial charge in [0.25, 0.3) is 0 Å². The number of unbranched alkanes of at least 4 members (excludes halogenated alkanes) is 11. The Bertz CT molecular complexity index is 1600. The van der Waals surface area contributed by atoms with E-state index in [4.69, 9.17) is 18.9 Å². The van der Waals surface area contributed by atoms with Crippen LogP contribution in [-0.4, -0.2) is 129 Å². The molecule has 0 aromatic rings. The van der Waals surface area contributed by atoms with E-state index in [2.05, 4.69) is 20.8 Å². The van der Waals surface area contributed by atoms with Gasteiger partial charge in [-0.05, 0) is 95.2 Å². The molecular weight excluding hydrogens is 841 g/mol. The number of amides is 1. The van der Waals surface area contributed by atoms with Crippen molar-refractivity contribution in [1.29, 1.82) is 0 Å². The van der Waals surface area contributed by atoms with E-state index in [1.165, 1.54) is 38.5 Å². The second-order valence-electron chi connectivity index (χ2n) is 20.8. The van der Waals surface area contributed by atoms with Gasteiger partial charge >= 0.3 is 11.9 Å². The normalized spacial score (nSPS) is 25.9. The molecule has 4 aliphatic rings. The zero-order valence-corrected chi connectivity index (χ0v) is 41.9. The highest BCUT2D eigenvalue weighted by Gasteiger charge is 2.68. The van der Waals surface area contributed by atoms with Crippen LogP contribution in [0.4, 0.5) is 0 Å². The third-order valence-electron chi connectivity index (χ3n) is 15.6. The summed E-state index contributed by atoms with van der Waals surface area (Å²) in [5, 5.41) is 12.0. The molecule has 0 aromatic carbocycles. The molecule has 66 heavy (non-hydrogen) atoms. The standard InChI is InChI=1S/C53H88N2O11/c1-7-9-11-15-19-33-63-37-42(38-64-34-20-16-12-10-8-2)66-49(61)25-24-47(59)55(32-31-54(5)6)30-18-14-13-17-21-48(60)65-39-46(58)53(62)29-27-44-43-23-22-40-35-41(56)26-28-51(40,3)50(43)45(57)36-52(44,53)4/h35,42-44,50,62H,7-34,36-39H2,1-6H3. The first kappa shape index (κ1) is 55.6. The number of allylic oxidation sites excluding steroid dienone is 1. The third kappa shape index (κ3) is 15.8. The number of aliphatic hydroxyl groups is 1. The fraction of sp³-hybridized carbons (Fsp3) is 0.849. The predicted molar refractivity (Wildman–Crippen MR) is 255 cm³/mol. The highest BCUT2D eigenvalue weighted by Crippen LogP contribution is 2.66. The summed E-state index contributed by atoms with van der Waals surface area (Å²) in [4.78, 5) is 82.9. The lowest BCUT2D eigenvalue weighted by atomic mass is 9.46. The van der Waals surface area contributed by atoms with Gasteiger partial charge in [-0.1, -0.05) is 97.5 Å². The van der Waals surface area contributed by atoms with Crippen molar-refractivity contribution < 1.29 is 52.8 Å². The first-order valence-electron chi connectivity index (χ1n) is 26.0. The first-order chi connectivity index (χ1) is 31.6. The van der Waals surface area contributed by atoms with Crippen molar-refractivity contribution in [2.45, 2.75) is 193 Å². The molecule has 0 aromatic heterocycles. The molecule has 0 aliphatic heterocycles. The molecule has 1 N–H and O–H groups in total. The Morgan fingerprint density at radius 3 is 2.03 bits per heavy atom. The minimum atomic E-state index is -1.75. The van der Waals surface area contributed by atoms with E-state index < -0.39 is 41.4 Å². The van der Waals surface area contributed by atoms with Gasteiger partial charge in [-0.25, -0.2) is 0 Å². The summed E-state index contributed by atoms with van der Waals surface area (Å²) in [5.41, 5.74) is -1.96. The number of rotatable bonds is 33. The van der Waals surface area contributed by atoms with Gasteiger partial charge in [0.15, 0.2) is 12.4 Å². The van der Waals surface area contributed by atoms with E-state index in [0.29, 0.717) is 58.5 Å². The molecule has 0 radical (unpaired) electrons. The lowest BCUT2D eigenvalue weighted by Gasteiger charge is -2.57. The van der Waals surface area contributed by atoms with E-state index >= 15 is 0 Å². The number of hydrogen-bond acceptors (Lipinski definition) is 12. The summed E-state index contributed by atoms with van der Waals surface area (Å²) in [6.07, 6.45) is 19.1. The van der Waals surface area contributed by atoms with Crippen LogP contribution in [0.3, 0.4) is 0 Å². The summed E-state index contributed by atoms with van der Waals surface area (Å²) in [7, 11) is 3.91. The number of carbonyl (C=O) groups is 6. The van der Waals surface area contributed by atoms with E-state index in [0.717, 1.165) is 63.4 Å². The van der Waals surface area contributed by atoms with E-state index in [9.17, 15) is 33.9 Å². The van der Waals surface area contributed by atoms with Gasteiger partial charge in [-0.15, -0.1) is 0 Å². The van der Waals surface area contributed by atoms with Crippen molar-refractivity contribution in [3.63, 3.8) is 0 Å². The summed E-state index contributed by atoms with van der Waals surface area (Å²) >= 11 is 0. The molecule has 0 heterocycles. The van der Waals surface area contributed by atoms with Crippen LogP contribution in [0.25, 0.3) is 0 Å². The molecule has 6 atom stereocenters. The van der Waals surface area contributed by atoms with Gasteiger partial charge in [0.05, 0.1) is 19.6 Å². The fourth-order valence-corrected chi connectivity index (χ4v) is 11.6. The topological polar surface area (TPSA) is 166 Å². The first-order valence-corrected chi connectivity index (χ1v) is 26.0.